The van der Waals surface area contributed by atoms with Crippen molar-refractivity contribution in [2.45, 2.75) is 51.2 Å². The SMILES string of the molecule is Cc1ccc(CN2CCC(CCCC(c3ccccc3)c3ccccc3)C(O)C2)cc1. The van der Waals surface area contributed by atoms with Crippen LogP contribution < -0.4 is 0 Å². The number of β-amino-alcohol motifs (C(OH)–C–C–N with tert-alkyl or cyclic N) is 1. The third-order valence-electron chi connectivity index (χ3n) is 6.80. The summed E-state index contributed by atoms with van der Waals surface area (Å²) in [4.78, 5) is 2.41. The molecule has 2 nitrogen and oxygen atoms in total. The first kappa shape index (κ1) is 21.8. The molecule has 3 aromatic carbocycles. The zero-order chi connectivity index (χ0) is 21.5. The van der Waals surface area contributed by atoms with E-state index in [0.29, 0.717) is 11.8 Å². The predicted octanol–water partition coefficient (Wildman–Crippen LogP) is 6.18. The minimum absolute atomic E-state index is 0.217. The van der Waals surface area contributed by atoms with Crippen molar-refractivity contribution in [1.82, 2.24) is 4.90 Å². The molecule has 0 aromatic heterocycles. The summed E-state index contributed by atoms with van der Waals surface area (Å²) in [7, 11) is 0. The fourth-order valence-corrected chi connectivity index (χ4v) is 4.96. The van der Waals surface area contributed by atoms with E-state index in [4.69, 9.17) is 0 Å². The molecule has 1 N–H and O–H groups in total. The van der Waals surface area contributed by atoms with Crippen LogP contribution in [0.15, 0.2) is 84.9 Å². The van der Waals surface area contributed by atoms with Gasteiger partial charge in [-0.15, -0.1) is 0 Å². The van der Waals surface area contributed by atoms with E-state index in [-0.39, 0.29) is 6.10 Å². The molecule has 1 heterocycles. The quantitative estimate of drug-likeness (QED) is 0.477. The zero-order valence-corrected chi connectivity index (χ0v) is 18.7. The minimum atomic E-state index is -0.217. The third-order valence-corrected chi connectivity index (χ3v) is 6.80. The summed E-state index contributed by atoms with van der Waals surface area (Å²) in [5.74, 6) is 0.850. The summed E-state index contributed by atoms with van der Waals surface area (Å²) < 4.78 is 0. The molecule has 1 aliphatic heterocycles. The second kappa shape index (κ2) is 10.7. The van der Waals surface area contributed by atoms with Gasteiger partial charge in [0.05, 0.1) is 6.10 Å². The van der Waals surface area contributed by atoms with Crippen molar-refractivity contribution in [2.24, 2.45) is 5.92 Å². The van der Waals surface area contributed by atoms with E-state index in [0.717, 1.165) is 45.3 Å². The van der Waals surface area contributed by atoms with E-state index >= 15 is 0 Å². The molecule has 4 rings (SSSR count). The molecule has 1 fully saturated rings. The molecule has 0 saturated carbocycles. The first-order valence-corrected chi connectivity index (χ1v) is 11.7. The Morgan fingerprint density at radius 2 is 1.48 bits per heavy atom. The number of hydrogen-bond acceptors (Lipinski definition) is 2. The van der Waals surface area contributed by atoms with Gasteiger partial charge in [-0.25, -0.2) is 0 Å². The maximum absolute atomic E-state index is 10.8. The van der Waals surface area contributed by atoms with Gasteiger partial charge in [-0.3, -0.25) is 4.90 Å². The molecule has 31 heavy (non-hydrogen) atoms. The predicted molar refractivity (Wildman–Crippen MR) is 129 cm³/mol. The van der Waals surface area contributed by atoms with Crippen LogP contribution in [0, 0.1) is 12.8 Å². The Labute approximate surface area is 187 Å². The lowest BCUT2D eigenvalue weighted by atomic mass is 9.83. The number of aliphatic hydroxyl groups excluding tert-OH is 1. The zero-order valence-electron chi connectivity index (χ0n) is 18.7. The number of nitrogens with zero attached hydrogens (tertiary/aromatic N) is 1. The molecule has 0 amide bonds. The van der Waals surface area contributed by atoms with Crippen LogP contribution in [0.5, 0.6) is 0 Å². The molecule has 0 aliphatic carbocycles. The van der Waals surface area contributed by atoms with E-state index in [9.17, 15) is 5.11 Å². The molecule has 0 radical (unpaired) electrons. The number of hydrogen-bond donors (Lipinski definition) is 1. The monoisotopic (exact) mass is 413 g/mol. The van der Waals surface area contributed by atoms with Crippen molar-refractivity contribution in [2.75, 3.05) is 13.1 Å². The van der Waals surface area contributed by atoms with Crippen LogP contribution >= 0.6 is 0 Å². The Morgan fingerprint density at radius 3 is 2.06 bits per heavy atom. The summed E-state index contributed by atoms with van der Waals surface area (Å²) in [6.07, 6.45) is 4.26. The van der Waals surface area contributed by atoms with Gasteiger partial charge in [-0.05, 0) is 55.3 Å². The highest BCUT2D eigenvalue weighted by atomic mass is 16.3. The number of benzene rings is 3. The van der Waals surface area contributed by atoms with E-state index in [2.05, 4.69) is 96.8 Å². The van der Waals surface area contributed by atoms with Crippen molar-refractivity contribution in [3.8, 4) is 0 Å². The Morgan fingerprint density at radius 1 is 0.871 bits per heavy atom. The molecule has 0 spiro atoms. The standard InChI is InChI=1S/C29H35NO/c1-23-15-17-24(18-16-23)21-30-20-19-27(29(31)22-30)13-8-14-28(25-9-4-2-5-10-25)26-11-6-3-7-12-26/h2-7,9-12,15-18,27-29,31H,8,13-14,19-22H2,1H3. The van der Waals surface area contributed by atoms with E-state index in [1.807, 2.05) is 0 Å². The summed E-state index contributed by atoms with van der Waals surface area (Å²) in [5, 5.41) is 10.8. The van der Waals surface area contributed by atoms with Crippen LogP contribution in [0.1, 0.15) is 53.9 Å². The van der Waals surface area contributed by atoms with Gasteiger partial charge in [0, 0.05) is 19.0 Å². The van der Waals surface area contributed by atoms with Gasteiger partial charge in [0.25, 0.3) is 0 Å². The van der Waals surface area contributed by atoms with E-state index in [1.165, 1.54) is 22.3 Å². The van der Waals surface area contributed by atoms with Gasteiger partial charge in [-0.2, -0.15) is 0 Å². The summed E-state index contributed by atoms with van der Waals surface area (Å²) in [6, 6.07) is 30.5. The average Bonchev–Trinajstić information content (AvgIpc) is 2.81. The lowest BCUT2D eigenvalue weighted by Crippen LogP contribution is -2.43. The third kappa shape index (κ3) is 6.06. The van der Waals surface area contributed by atoms with Gasteiger partial charge in [0.2, 0.25) is 0 Å². The topological polar surface area (TPSA) is 23.5 Å². The number of likely N-dealkylation sites (tertiary alicyclic amines) is 1. The van der Waals surface area contributed by atoms with Crippen LogP contribution in [0.4, 0.5) is 0 Å². The molecule has 2 heteroatoms. The van der Waals surface area contributed by atoms with Crippen molar-refractivity contribution >= 4 is 0 Å². The van der Waals surface area contributed by atoms with Crippen molar-refractivity contribution in [3.63, 3.8) is 0 Å². The molecular formula is C29H35NO. The minimum Gasteiger partial charge on any atom is -0.392 e. The molecule has 1 aliphatic rings. The van der Waals surface area contributed by atoms with Gasteiger partial charge >= 0.3 is 0 Å². The number of aryl methyl sites for hydroxylation is 1. The first-order valence-electron chi connectivity index (χ1n) is 11.7. The highest BCUT2D eigenvalue weighted by Gasteiger charge is 2.27. The second-order valence-corrected chi connectivity index (χ2v) is 9.14. The Hall–Kier alpha value is -2.42. The smallest absolute Gasteiger partial charge is 0.0695 e. The molecule has 1 saturated heterocycles. The summed E-state index contributed by atoms with van der Waals surface area (Å²) >= 11 is 0. The lowest BCUT2D eigenvalue weighted by Gasteiger charge is -2.36. The normalized spacial score (nSPS) is 19.6. The van der Waals surface area contributed by atoms with Crippen LogP contribution in [-0.4, -0.2) is 29.2 Å². The Kier molecular flexibility index (Phi) is 7.56. The van der Waals surface area contributed by atoms with E-state index in [1.54, 1.807) is 0 Å². The van der Waals surface area contributed by atoms with Crippen LogP contribution in [-0.2, 0) is 6.54 Å². The molecule has 2 atom stereocenters. The molecular weight excluding hydrogens is 378 g/mol. The lowest BCUT2D eigenvalue weighted by molar-refractivity contribution is 0.0143. The van der Waals surface area contributed by atoms with Gasteiger partial charge < -0.3 is 5.11 Å². The molecule has 162 valence electrons. The van der Waals surface area contributed by atoms with Crippen LogP contribution in [0.2, 0.25) is 0 Å². The Bertz CT molecular complexity index is 867. The number of rotatable bonds is 8. The fourth-order valence-electron chi connectivity index (χ4n) is 4.96. The number of piperidine rings is 1. The highest BCUT2D eigenvalue weighted by molar-refractivity contribution is 5.32. The second-order valence-electron chi connectivity index (χ2n) is 9.14. The van der Waals surface area contributed by atoms with E-state index < -0.39 is 0 Å². The molecule has 0 bridgehead atoms. The largest absolute Gasteiger partial charge is 0.392 e. The Balaban J connectivity index is 1.30. The average molecular weight is 414 g/mol. The van der Waals surface area contributed by atoms with Gasteiger partial charge in [-0.1, -0.05) is 96.9 Å². The maximum Gasteiger partial charge on any atom is 0.0695 e. The van der Waals surface area contributed by atoms with Gasteiger partial charge in [0.15, 0.2) is 0 Å². The summed E-state index contributed by atoms with van der Waals surface area (Å²) in [6.45, 7) is 4.93. The number of aliphatic hydroxyl groups is 1. The van der Waals surface area contributed by atoms with Crippen LogP contribution in [0.25, 0.3) is 0 Å². The van der Waals surface area contributed by atoms with Crippen LogP contribution in [0.3, 0.4) is 0 Å². The highest BCUT2D eigenvalue weighted by Crippen LogP contribution is 2.32. The van der Waals surface area contributed by atoms with Gasteiger partial charge in [0.1, 0.15) is 0 Å². The first-order chi connectivity index (χ1) is 15.2. The molecule has 2 unspecified atom stereocenters. The maximum atomic E-state index is 10.8. The van der Waals surface area contributed by atoms with Crippen molar-refractivity contribution in [1.29, 1.82) is 0 Å². The van der Waals surface area contributed by atoms with Crippen molar-refractivity contribution < 1.29 is 5.11 Å². The molecule has 3 aromatic rings. The summed E-state index contributed by atoms with van der Waals surface area (Å²) in [5.41, 5.74) is 5.42. The fraction of sp³-hybridized carbons (Fsp3) is 0.379. The van der Waals surface area contributed by atoms with Crippen molar-refractivity contribution in [3.05, 3.63) is 107 Å².